The topological polar surface area (TPSA) is 52.9 Å². The van der Waals surface area contributed by atoms with Gasteiger partial charge in [0.1, 0.15) is 12.2 Å². The third-order valence-electron chi connectivity index (χ3n) is 6.39. The average molecular weight is 299 g/mol. The molecule has 116 valence electrons. The number of phenolic OH excluding ortho intramolecular Hbond substituents is 1. The number of piperidine rings is 1. The molecule has 4 aliphatic rings. The number of phenols is 1. The van der Waals surface area contributed by atoms with Crippen LogP contribution in [-0.4, -0.2) is 46.5 Å². The zero-order chi connectivity index (χ0) is 15.1. The fourth-order valence-electron chi connectivity index (χ4n) is 5.52. The van der Waals surface area contributed by atoms with E-state index >= 15 is 0 Å². The number of nitrogens with zero attached hydrogens (tertiary/aromatic N) is 1. The van der Waals surface area contributed by atoms with Crippen molar-refractivity contribution in [1.29, 1.82) is 0 Å². The lowest BCUT2D eigenvalue weighted by molar-refractivity contribution is -0.0503. The van der Waals surface area contributed by atoms with Gasteiger partial charge in [-0.15, -0.1) is 0 Å². The van der Waals surface area contributed by atoms with Gasteiger partial charge in [-0.05, 0) is 37.6 Å². The third kappa shape index (κ3) is 1.28. The van der Waals surface area contributed by atoms with E-state index < -0.39 is 6.10 Å². The lowest BCUT2D eigenvalue weighted by Gasteiger charge is -2.57. The Morgan fingerprint density at radius 3 is 3.05 bits per heavy atom. The van der Waals surface area contributed by atoms with Gasteiger partial charge in [0, 0.05) is 22.9 Å². The Labute approximate surface area is 130 Å². The molecular formula is C18H21NO3. The molecule has 2 bridgehead atoms. The Bertz CT molecular complexity index is 685. The highest BCUT2D eigenvalue weighted by Gasteiger charge is 2.64. The van der Waals surface area contributed by atoms with E-state index in [0.29, 0.717) is 17.7 Å². The van der Waals surface area contributed by atoms with Crippen molar-refractivity contribution in [2.45, 2.75) is 43.4 Å². The van der Waals surface area contributed by atoms with Crippen LogP contribution in [0.5, 0.6) is 11.5 Å². The van der Waals surface area contributed by atoms with Gasteiger partial charge in [-0.2, -0.15) is 0 Å². The van der Waals surface area contributed by atoms with Gasteiger partial charge in [-0.1, -0.05) is 25.1 Å². The van der Waals surface area contributed by atoms with E-state index in [1.165, 1.54) is 11.1 Å². The fourth-order valence-corrected chi connectivity index (χ4v) is 5.52. The maximum atomic E-state index is 10.5. The molecule has 1 aromatic carbocycles. The lowest BCUT2D eigenvalue weighted by atomic mass is 9.53. The highest BCUT2D eigenvalue weighted by molar-refractivity contribution is 5.61. The summed E-state index contributed by atoms with van der Waals surface area (Å²) in [5.74, 6) is 1.20. The van der Waals surface area contributed by atoms with Crippen molar-refractivity contribution >= 4 is 0 Å². The second-order valence-electron chi connectivity index (χ2n) is 7.08. The first-order valence-corrected chi connectivity index (χ1v) is 8.29. The summed E-state index contributed by atoms with van der Waals surface area (Å²) >= 11 is 0. The normalized spacial score (nSPS) is 41.2. The Morgan fingerprint density at radius 1 is 1.36 bits per heavy atom. The SMILES string of the molecule is CCN1CC[C@]23c4c5ccc(O)c4O[C@H]2[C@@H](O)C=C[C@H]3[C@H]1C5. The first-order chi connectivity index (χ1) is 10.7. The highest BCUT2D eigenvalue weighted by atomic mass is 16.5. The largest absolute Gasteiger partial charge is 0.504 e. The van der Waals surface area contributed by atoms with Crippen molar-refractivity contribution < 1.29 is 14.9 Å². The summed E-state index contributed by atoms with van der Waals surface area (Å²) in [6.45, 7) is 4.31. The zero-order valence-corrected chi connectivity index (χ0v) is 12.7. The van der Waals surface area contributed by atoms with Gasteiger partial charge in [-0.3, -0.25) is 4.90 Å². The maximum Gasteiger partial charge on any atom is 0.165 e. The Morgan fingerprint density at radius 2 is 2.23 bits per heavy atom. The number of rotatable bonds is 1. The first-order valence-electron chi connectivity index (χ1n) is 8.29. The molecule has 0 radical (unpaired) electrons. The Kier molecular flexibility index (Phi) is 2.39. The molecule has 22 heavy (non-hydrogen) atoms. The number of aliphatic hydroxyl groups excluding tert-OH is 1. The van der Waals surface area contributed by atoms with Crippen molar-refractivity contribution in [3.05, 3.63) is 35.4 Å². The van der Waals surface area contributed by atoms with Crippen LogP contribution < -0.4 is 4.74 Å². The van der Waals surface area contributed by atoms with Crippen molar-refractivity contribution in [1.82, 2.24) is 4.90 Å². The van der Waals surface area contributed by atoms with Gasteiger partial charge in [-0.25, -0.2) is 0 Å². The van der Waals surface area contributed by atoms with E-state index in [4.69, 9.17) is 4.74 Å². The number of hydrogen-bond acceptors (Lipinski definition) is 4. The summed E-state index contributed by atoms with van der Waals surface area (Å²) in [5.41, 5.74) is 2.31. The zero-order valence-electron chi connectivity index (χ0n) is 12.7. The molecule has 2 N–H and O–H groups in total. The van der Waals surface area contributed by atoms with Crippen molar-refractivity contribution in [2.24, 2.45) is 5.92 Å². The molecule has 1 aromatic rings. The second kappa shape index (κ2) is 4.06. The predicted molar refractivity (Wildman–Crippen MR) is 82.2 cm³/mol. The predicted octanol–water partition coefficient (Wildman–Crippen LogP) is 1.59. The van der Waals surface area contributed by atoms with Gasteiger partial charge in [0.25, 0.3) is 0 Å². The van der Waals surface area contributed by atoms with E-state index in [2.05, 4.69) is 24.0 Å². The van der Waals surface area contributed by atoms with E-state index in [-0.39, 0.29) is 17.3 Å². The molecule has 2 aliphatic carbocycles. The lowest BCUT2D eigenvalue weighted by Crippen LogP contribution is -2.65. The van der Waals surface area contributed by atoms with Gasteiger partial charge >= 0.3 is 0 Å². The van der Waals surface area contributed by atoms with Crippen LogP contribution in [0, 0.1) is 5.92 Å². The van der Waals surface area contributed by atoms with Crippen LogP contribution in [-0.2, 0) is 11.8 Å². The summed E-state index contributed by atoms with van der Waals surface area (Å²) in [6.07, 6.45) is 5.23. The van der Waals surface area contributed by atoms with Gasteiger partial charge in [0.2, 0.25) is 0 Å². The molecule has 5 atom stereocenters. The molecule has 4 nitrogen and oxygen atoms in total. The summed E-state index contributed by atoms with van der Waals surface area (Å²) in [4.78, 5) is 2.56. The van der Waals surface area contributed by atoms with E-state index in [1.807, 2.05) is 6.08 Å². The number of likely N-dealkylation sites (N-methyl/N-ethyl adjacent to an activating group) is 1. The van der Waals surface area contributed by atoms with E-state index in [1.54, 1.807) is 6.07 Å². The Hall–Kier alpha value is -1.52. The number of likely N-dealkylation sites (tertiary alicyclic amines) is 1. The van der Waals surface area contributed by atoms with Crippen LogP contribution in [0.3, 0.4) is 0 Å². The highest BCUT2D eigenvalue weighted by Crippen LogP contribution is 2.62. The molecule has 1 spiro atoms. The quantitative estimate of drug-likeness (QED) is 0.773. The first kappa shape index (κ1) is 13.0. The van der Waals surface area contributed by atoms with Crippen molar-refractivity contribution in [3.8, 4) is 11.5 Å². The van der Waals surface area contributed by atoms with Crippen molar-refractivity contribution in [3.63, 3.8) is 0 Å². The molecule has 2 heterocycles. The van der Waals surface area contributed by atoms with Crippen LogP contribution in [0.4, 0.5) is 0 Å². The molecule has 0 amide bonds. The fraction of sp³-hybridized carbons (Fsp3) is 0.556. The summed E-state index contributed by atoms with van der Waals surface area (Å²) in [7, 11) is 0. The second-order valence-corrected chi connectivity index (χ2v) is 7.08. The molecule has 2 aliphatic heterocycles. The minimum absolute atomic E-state index is 0.161. The minimum Gasteiger partial charge on any atom is -0.504 e. The summed E-state index contributed by atoms with van der Waals surface area (Å²) in [5, 5.41) is 20.8. The molecule has 0 saturated carbocycles. The maximum absolute atomic E-state index is 10.5. The van der Waals surface area contributed by atoms with Gasteiger partial charge in [0.15, 0.2) is 11.5 Å². The van der Waals surface area contributed by atoms with Crippen LogP contribution in [0.15, 0.2) is 24.3 Å². The minimum atomic E-state index is -0.595. The molecule has 1 saturated heterocycles. The number of ether oxygens (including phenoxy) is 1. The van der Waals surface area contributed by atoms with Gasteiger partial charge < -0.3 is 14.9 Å². The average Bonchev–Trinajstić information content (AvgIpc) is 2.87. The van der Waals surface area contributed by atoms with Crippen LogP contribution >= 0.6 is 0 Å². The number of benzene rings is 1. The molecule has 0 aromatic heterocycles. The van der Waals surface area contributed by atoms with E-state index in [9.17, 15) is 10.2 Å². The number of aliphatic hydroxyl groups is 1. The summed E-state index contributed by atoms with van der Waals surface area (Å²) in [6, 6.07) is 4.26. The molecule has 4 heteroatoms. The third-order valence-corrected chi connectivity index (χ3v) is 6.39. The van der Waals surface area contributed by atoms with Crippen LogP contribution in [0.25, 0.3) is 0 Å². The van der Waals surface area contributed by atoms with Gasteiger partial charge in [0.05, 0.1) is 0 Å². The van der Waals surface area contributed by atoms with Crippen molar-refractivity contribution in [2.75, 3.05) is 13.1 Å². The summed E-state index contributed by atoms with van der Waals surface area (Å²) < 4.78 is 6.12. The molecular weight excluding hydrogens is 278 g/mol. The molecule has 5 rings (SSSR count). The Balaban J connectivity index is 1.80. The molecule has 0 unspecified atom stereocenters. The standard InChI is InChI=1S/C18H21NO3/c1-2-19-8-7-18-11-4-6-14(21)17(18)22-16-13(20)5-3-10(15(16)18)9-12(11)19/h3-6,11-12,14,17,20-21H,2,7-9H2,1H3/t11-,12+,14-,17-,18-/m0/s1. The number of hydrogen-bond donors (Lipinski definition) is 2. The van der Waals surface area contributed by atoms with Crippen LogP contribution in [0.1, 0.15) is 24.5 Å². The monoisotopic (exact) mass is 299 g/mol. The van der Waals surface area contributed by atoms with Crippen LogP contribution in [0.2, 0.25) is 0 Å². The smallest absolute Gasteiger partial charge is 0.165 e. The molecule has 1 fully saturated rings. The number of aromatic hydroxyl groups is 1. The van der Waals surface area contributed by atoms with E-state index in [0.717, 1.165) is 25.9 Å².